The molecular formula is C12H11Br2NO. The second-order valence-electron chi connectivity index (χ2n) is 4.46. The van der Waals surface area contributed by atoms with E-state index in [4.69, 9.17) is 0 Å². The number of Topliss-reactive ketones (excluding diaryl/α,β-unsaturated/α-hetero) is 1. The van der Waals surface area contributed by atoms with E-state index < -0.39 is 0 Å². The van der Waals surface area contributed by atoms with Gasteiger partial charge in [-0.3, -0.25) is 4.79 Å². The van der Waals surface area contributed by atoms with Gasteiger partial charge in [0.1, 0.15) is 0 Å². The molecule has 3 rings (SSSR count). The van der Waals surface area contributed by atoms with Crippen molar-refractivity contribution in [2.24, 2.45) is 5.92 Å². The van der Waals surface area contributed by atoms with Crippen molar-refractivity contribution in [1.29, 1.82) is 0 Å². The maximum Gasteiger partial charge on any atom is 0.163 e. The van der Waals surface area contributed by atoms with Crippen molar-refractivity contribution in [2.45, 2.75) is 18.9 Å². The molecule has 1 N–H and O–H groups in total. The van der Waals surface area contributed by atoms with Crippen LogP contribution in [0.4, 0.5) is 0 Å². The Kier molecular flexibility index (Phi) is 2.68. The lowest BCUT2D eigenvalue weighted by molar-refractivity contribution is 0.0942. The van der Waals surface area contributed by atoms with Crippen molar-refractivity contribution in [3.63, 3.8) is 0 Å². The molecule has 1 aromatic carbocycles. The Morgan fingerprint density at radius 2 is 2.00 bits per heavy atom. The number of nitrogens with one attached hydrogen (secondary N) is 1. The Bertz CT molecular complexity index is 472. The highest BCUT2D eigenvalue weighted by Crippen LogP contribution is 2.42. The quantitative estimate of drug-likeness (QED) is 0.781. The molecule has 84 valence electrons. The van der Waals surface area contributed by atoms with Gasteiger partial charge in [-0.2, -0.15) is 0 Å². The van der Waals surface area contributed by atoms with Gasteiger partial charge < -0.3 is 5.32 Å². The molecule has 0 aromatic heterocycles. The first kappa shape index (κ1) is 10.9. The first-order valence-electron chi connectivity index (χ1n) is 5.42. The summed E-state index contributed by atoms with van der Waals surface area (Å²) in [7, 11) is 0. The Morgan fingerprint density at radius 1 is 1.25 bits per heavy atom. The molecule has 0 saturated carbocycles. The van der Waals surface area contributed by atoms with E-state index in [0.29, 0.717) is 18.4 Å². The maximum absolute atomic E-state index is 12.0. The predicted molar refractivity (Wildman–Crippen MR) is 69.6 cm³/mol. The summed E-state index contributed by atoms with van der Waals surface area (Å²) >= 11 is 6.96. The Balaban J connectivity index is 2.17. The molecule has 2 unspecified atom stereocenters. The topological polar surface area (TPSA) is 29.1 Å². The molecule has 1 aliphatic heterocycles. The van der Waals surface area contributed by atoms with Crippen LogP contribution in [0.2, 0.25) is 0 Å². The van der Waals surface area contributed by atoms with E-state index in [1.54, 1.807) is 0 Å². The lowest BCUT2D eigenvalue weighted by Gasteiger charge is -2.27. The minimum Gasteiger partial charge on any atom is -0.310 e. The number of ketones is 1. The third-order valence-electron chi connectivity index (χ3n) is 3.53. The average Bonchev–Trinajstić information content (AvgIpc) is 2.69. The molecule has 0 radical (unpaired) electrons. The second-order valence-corrected chi connectivity index (χ2v) is 6.17. The summed E-state index contributed by atoms with van der Waals surface area (Å²) in [6.45, 7) is 1.02. The maximum atomic E-state index is 12.0. The molecule has 4 heteroatoms. The van der Waals surface area contributed by atoms with Crippen molar-refractivity contribution in [1.82, 2.24) is 5.32 Å². The van der Waals surface area contributed by atoms with Gasteiger partial charge >= 0.3 is 0 Å². The van der Waals surface area contributed by atoms with Crippen LogP contribution < -0.4 is 5.32 Å². The summed E-state index contributed by atoms with van der Waals surface area (Å²) < 4.78 is 1.98. The van der Waals surface area contributed by atoms with Crippen LogP contribution in [0.5, 0.6) is 0 Å². The predicted octanol–water partition coefficient (Wildman–Crippen LogP) is 3.45. The van der Waals surface area contributed by atoms with Gasteiger partial charge in [0.25, 0.3) is 0 Å². The molecule has 16 heavy (non-hydrogen) atoms. The first-order chi connectivity index (χ1) is 7.66. The minimum absolute atomic E-state index is 0.285. The smallest absolute Gasteiger partial charge is 0.163 e. The van der Waals surface area contributed by atoms with Crippen molar-refractivity contribution in [3.05, 3.63) is 32.2 Å². The summed E-state index contributed by atoms with van der Waals surface area (Å²) in [4.78, 5) is 12.0. The largest absolute Gasteiger partial charge is 0.310 e. The molecule has 1 aromatic rings. The van der Waals surface area contributed by atoms with Crippen LogP contribution in [-0.4, -0.2) is 12.3 Å². The summed E-state index contributed by atoms with van der Waals surface area (Å²) in [5, 5.41) is 3.49. The van der Waals surface area contributed by atoms with Crippen LogP contribution in [0.15, 0.2) is 21.1 Å². The summed E-state index contributed by atoms with van der Waals surface area (Å²) in [6, 6.07) is 4.39. The molecule has 2 nitrogen and oxygen atoms in total. The standard InChI is InChI=1S/C12H11Br2NO/c13-9-4-7-8(5-10(9)14)12-6(1-2-15-12)3-11(7)16/h4-6,12,15H,1-3H2. The molecule has 0 amide bonds. The zero-order valence-corrected chi connectivity index (χ0v) is 11.8. The van der Waals surface area contributed by atoms with Gasteiger partial charge in [0.2, 0.25) is 0 Å². The highest BCUT2D eigenvalue weighted by molar-refractivity contribution is 9.13. The zero-order valence-electron chi connectivity index (χ0n) is 8.59. The summed E-state index contributed by atoms with van der Waals surface area (Å²) in [5.41, 5.74) is 2.04. The monoisotopic (exact) mass is 343 g/mol. The van der Waals surface area contributed by atoms with Crippen molar-refractivity contribution < 1.29 is 4.79 Å². The first-order valence-corrected chi connectivity index (χ1v) is 7.01. The van der Waals surface area contributed by atoms with Crippen LogP contribution in [0, 0.1) is 5.92 Å². The number of rotatable bonds is 0. The number of halogens is 2. The fourth-order valence-electron chi connectivity index (χ4n) is 2.75. The van der Waals surface area contributed by atoms with E-state index in [-0.39, 0.29) is 5.78 Å². The van der Waals surface area contributed by atoms with Crippen molar-refractivity contribution in [3.8, 4) is 0 Å². The second kappa shape index (κ2) is 3.93. The minimum atomic E-state index is 0.285. The van der Waals surface area contributed by atoms with E-state index in [2.05, 4.69) is 43.2 Å². The number of carbonyl (C=O) groups excluding carboxylic acids is 1. The third kappa shape index (κ3) is 1.59. The number of carbonyl (C=O) groups is 1. The van der Waals surface area contributed by atoms with Crippen LogP contribution in [0.3, 0.4) is 0 Å². The SMILES string of the molecule is O=C1CC2CCNC2c2cc(Br)c(Br)cc21. The third-order valence-corrected chi connectivity index (χ3v) is 5.37. The van der Waals surface area contributed by atoms with E-state index >= 15 is 0 Å². The summed E-state index contributed by atoms with van der Waals surface area (Å²) in [5.74, 6) is 0.779. The van der Waals surface area contributed by atoms with Gasteiger partial charge in [0.05, 0.1) is 0 Å². The highest BCUT2D eigenvalue weighted by atomic mass is 79.9. The lowest BCUT2D eigenvalue weighted by Crippen LogP contribution is -2.27. The molecule has 1 saturated heterocycles. The van der Waals surface area contributed by atoms with Gasteiger partial charge in [-0.05, 0) is 68.4 Å². The molecule has 2 aliphatic rings. The lowest BCUT2D eigenvalue weighted by atomic mass is 9.80. The normalized spacial score (nSPS) is 27.8. The fourth-order valence-corrected chi connectivity index (χ4v) is 3.45. The Morgan fingerprint density at radius 3 is 2.81 bits per heavy atom. The van der Waals surface area contributed by atoms with Gasteiger partial charge in [-0.15, -0.1) is 0 Å². The van der Waals surface area contributed by atoms with Gasteiger partial charge in [0.15, 0.2) is 5.78 Å². The number of hydrogen-bond donors (Lipinski definition) is 1. The van der Waals surface area contributed by atoms with E-state index in [1.165, 1.54) is 0 Å². The van der Waals surface area contributed by atoms with Crippen LogP contribution >= 0.6 is 31.9 Å². The van der Waals surface area contributed by atoms with E-state index in [9.17, 15) is 4.79 Å². The van der Waals surface area contributed by atoms with Gasteiger partial charge in [0, 0.05) is 27.0 Å². The molecule has 1 fully saturated rings. The molecule has 1 heterocycles. The van der Waals surface area contributed by atoms with Crippen LogP contribution in [0.1, 0.15) is 34.8 Å². The zero-order chi connectivity index (χ0) is 11.3. The molecule has 2 atom stereocenters. The van der Waals surface area contributed by atoms with E-state index in [0.717, 1.165) is 33.0 Å². The van der Waals surface area contributed by atoms with Crippen LogP contribution in [0.25, 0.3) is 0 Å². The molecular weight excluding hydrogens is 334 g/mol. The average molecular weight is 345 g/mol. The number of benzene rings is 1. The van der Waals surface area contributed by atoms with Crippen molar-refractivity contribution >= 4 is 37.6 Å². The number of hydrogen-bond acceptors (Lipinski definition) is 2. The van der Waals surface area contributed by atoms with Gasteiger partial charge in [-0.1, -0.05) is 0 Å². The molecule has 1 aliphatic carbocycles. The summed E-state index contributed by atoms with van der Waals surface area (Å²) in [6.07, 6.45) is 1.81. The van der Waals surface area contributed by atoms with Crippen LogP contribution in [-0.2, 0) is 0 Å². The van der Waals surface area contributed by atoms with Crippen molar-refractivity contribution in [2.75, 3.05) is 6.54 Å². The van der Waals surface area contributed by atoms with E-state index in [1.807, 2.05) is 6.07 Å². The highest BCUT2D eigenvalue weighted by Gasteiger charge is 2.37. The fraction of sp³-hybridized carbons (Fsp3) is 0.417. The van der Waals surface area contributed by atoms with Gasteiger partial charge in [-0.25, -0.2) is 0 Å². The molecule has 0 bridgehead atoms. The Labute approximate surface area is 111 Å². The Hall–Kier alpha value is -0.190. The molecule has 0 spiro atoms. The number of fused-ring (bicyclic) bond motifs is 3.